The summed E-state index contributed by atoms with van der Waals surface area (Å²) in [4.78, 5) is 17.3. The highest BCUT2D eigenvalue weighted by Gasteiger charge is 2.22. The molecule has 0 bridgehead atoms. The molecule has 0 saturated carbocycles. The van der Waals surface area contributed by atoms with E-state index in [1.165, 1.54) is 0 Å². The molecule has 1 amide bonds. The highest BCUT2D eigenvalue weighted by molar-refractivity contribution is 5.95. The molecule has 3 rings (SSSR count). The maximum absolute atomic E-state index is 12.9. The van der Waals surface area contributed by atoms with Gasteiger partial charge in [0.2, 0.25) is 0 Å². The molecule has 0 fully saturated rings. The van der Waals surface area contributed by atoms with Gasteiger partial charge in [-0.3, -0.25) is 4.79 Å². The fourth-order valence-electron chi connectivity index (χ4n) is 2.87. The molecule has 3 aromatic rings. The first kappa shape index (κ1) is 17.7. The van der Waals surface area contributed by atoms with Gasteiger partial charge in [0.05, 0.1) is 7.11 Å². The first-order chi connectivity index (χ1) is 12.5. The Hall–Kier alpha value is -3.08. The Kier molecular flexibility index (Phi) is 5.07. The molecular weight excluding hydrogens is 326 g/mol. The summed E-state index contributed by atoms with van der Waals surface area (Å²) in [6, 6.07) is 13.0. The standard InChI is InChI=1S/C21H23N3O2/c1-14-8-9-17(12-15(14)2)21(25)23-19(20-22-10-11-24(20)3)16-6-5-7-18(13-16)26-4/h5-13,19H,1-4H3,(H,23,25). The lowest BCUT2D eigenvalue weighted by atomic mass is 10.0. The number of nitrogens with one attached hydrogen (secondary N) is 1. The van der Waals surface area contributed by atoms with E-state index in [0.717, 1.165) is 28.3 Å². The summed E-state index contributed by atoms with van der Waals surface area (Å²) in [5.41, 5.74) is 3.80. The number of methoxy groups -OCH3 is 1. The van der Waals surface area contributed by atoms with Crippen LogP contribution in [0, 0.1) is 13.8 Å². The number of rotatable bonds is 5. The van der Waals surface area contributed by atoms with Crippen molar-refractivity contribution in [3.05, 3.63) is 82.9 Å². The van der Waals surface area contributed by atoms with E-state index in [9.17, 15) is 4.79 Å². The molecule has 0 aliphatic carbocycles. The molecule has 1 atom stereocenters. The molecule has 1 aromatic heterocycles. The topological polar surface area (TPSA) is 56.1 Å². The highest BCUT2D eigenvalue weighted by atomic mass is 16.5. The van der Waals surface area contributed by atoms with Gasteiger partial charge < -0.3 is 14.6 Å². The average Bonchev–Trinajstić information content (AvgIpc) is 3.07. The number of nitrogens with zero attached hydrogens (tertiary/aromatic N) is 2. The monoisotopic (exact) mass is 349 g/mol. The van der Waals surface area contributed by atoms with Crippen molar-refractivity contribution in [2.45, 2.75) is 19.9 Å². The predicted molar refractivity (Wildman–Crippen MR) is 101 cm³/mol. The molecule has 0 aliphatic rings. The summed E-state index contributed by atoms with van der Waals surface area (Å²) in [7, 11) is 3.54. The van der Waals surface area contributed by atoms with Gasteiger partial charge in [-0.05, 0) is 54.8 Å². The smallest absolute Gasteiger partial charge is 0.252 e. The summed E-state index contributed by atoms with van der Waals surface area (Å²) in [6.07, 6.45) is 3.59. The molecule has 5 heteroatoms. The number of carbonyl (C=O) groups is 1. The molecule has 26 heavy (non-hydrogen) atoms. The largest absolute Gasteiger partial charge is 0.497 e. The van der Waals surface area contributed by atoms with Crippen molar-refractivity contribution in [3.63, 3.8) is 0 Å². The van der Waals surface area contributed by atoms with Gasteiger partial charge in [-0.2, -0.15) is 0 Å². The van der Waals surface area contributed by atoms with Crippen molar-refractivity contribution >= 4 is 5.91 Å². The van der Waals surface area contributed by atoms with Gasteiger partial charge in [0.1, 0.15) is 17.6 Å². The van der Waals surface area contributed by atoms with Gasteiger partial charge in [-0.25, -0.2) is 4.98 Å². The Balaban J connectivity index is 1.97. The minimum absolute atomic E-state index is 0.135. The SMILES string of the molecule is COc1cccc(C(NC(=O)c2ccc(C)c(C)c2)c2nccn2C)c1. The van der Waals surface area contributed by atoms with Gasteiger partial charge in [0.25, 0.3) is 5.91 Å². The van der Waals surface area contributed by atoms with Crippen molar-refractivity contribution in [1.82, 2.24) is 14.9 Å². The lowest BCUT2D eigenvalue weighted by Crippen LogP contribution is -2.31. The first-order valence-corrected chi connectivity index (χ1v) is 8.49. The van der Waals surface area contributed by atoms with Gasteiger partial charge in [-0.1, -0.05) is 18.2 Å². The minimum atomic E-state index is -0.376. The molecule has 0 radical (unpaired) electrons. The Morgan fingerprint density at radius 3 is 2.62 bits per heavy atom. The normalized spacial score (nSPS) is 11.8. The van der Waals surface area contributed by atoms with Gasteiger partial charge in [0, 0.05) is 25.0 Å². The van der Waals surface area contributed by atoms with Crippen molar-refractivity contribution in [2.75, 3.05) is 7.11 Å². The predicted octanol–water partition coefficient (Wildman–Crippen LogP) is 3.56. The molecule has 1 unspecified atom stereocenters. The van der Waals surface area contributed by atoms with E-state index in [2.05, 4.69) is 10.3 Å². The average molecular weight is 349 g/mol. The van der Waals surface area contributed by atoms with E-state index in [4.69, 9.17) is 4.74 Å². The van der Waals surface area contributed by atoms with Crippen molar-refractivity contribution < 1.29 is 9.53 Å². The number of hydrogen-bond donors (Lipinski definition) is 1. The van der Waals surface area contributed by atoms with Crippen LogP contribution in [0.1, 0.15) is 38.9 Å². The summed E-state index contributed by atoms with van der Waals surface area (Å²) in [6.45, 7) is 4.04. The van der Waals surface area contributed by atoms with Gasteiger partial charge >= 0.3 is 0 Å². The number of imidazole rings is 1. The Bertz CT molecular complexity index is 931. The number of amides is 1. The molecule has 2 aromatic carbocycles. The number of ether oxygens (including phenoxy) is 1. The minimum Gasteiger partial charge on any atom is -0.497 e. The van der Waals surface area contributed by atoms with E-state index in [0.29, 0.717) is 5.56 Å². The second kappa shape index (κ2) is 7.44. The fourth-order valence-corrected chi connectivity index (χ4v) is 2.87. The van der Waals surface area contributed by atoms with E-state index in [1.54, 1.807) is 13.3 Å². The van der Waals surface area contributed by atoms with E-state index in [1.807, 2.05) is 74.1 Å². The van der Waals surface area contributed by atoms with Crippen LogP contribution in [0.15, 0.2) is 54.9 Å². The van der Waals surface area contributed by atoms with Crippen LogP contribution in [0.5, 0.6) is 5.75 Å². The van der Waals surface area contributed by atoms with Crippen LogP contribution < -0.4 is 10.1 Å². The van der Waals surface area contributed by atoms with Crippen LogP contribution in [0.25, 0.3) is 0 Å². The zero-order valence-electron chi connectivity index (χ0n) is 15.5. The second-order valence-electron chi connectivity index (χ2n) is 6.38. The highest BCUT2D eigenvalue weighted by Crippen LogP contribution is 2.24. The molecular formula is C21H23N3O2. The lowest BCUT2D eigenvalue weighted by molar-refractivity contribution is 0.0941. The van der Waals surface area contributed by atoms with Crippen molar-refractivity contribution in [3.8, 4) is 5.75 Å². The van der Waals surface area contributed by atoms with Crippen LogP contribution in [0.2, 0.25) is 0 Å². The Morgan fingerprint density at radius 2 is 1.96 bits per heavy atom. The number of aryl methyl sites for hydroxylation is 3. The number of carbonyl (C=O) groups excluding carboxylic acids is 1. The quantitative estimate of drug-likeness (QED) is 0.766. The third-order valence-corrected chi connectivity index (χ3v) is 4.59. The second-order valence-corrected chi connectivity index (χ2v) is 6.38. The molecule has 0 saturated heterocycles. The van der Waals surface area contributed by atoms with Crippen molar-refractivity contribution in [1.29, 1.82) is 0 Å². The van der Waals surface area contributed by atoms with Crippen LogP contribution in [0.3, 0.4) is 0 Å². The Labute approximate surface area is 153 Å². The first-order valence-electron chi connectivity index (χ1n) is 8.49. The maximum Gasteiger partial charge on any atom is 0.252 e. The summed E-state index contributed by atoms with van der Waals surface area (Å²) < 4.78 is 7.24. The van der Waals surface area contributed by atoms with E-state index < -0.39 is 0 Å². The molecule has 1 N–H and O–H groups in total. The lowest BCUT2D eigenvalue weighted by Gasteiger charge is -2.20. The summed E-state index contributed by atoms with van der Waals surface area (Å²) >= 11 is 0. The molecule has 0 spiro atoms. The number of aromatic nitrogens is 2. The van der Waals surface area contributed by atoms with Gasteiger partial charge in [-0.15, -0.1) is 0 Å². The Morgan fingerprint density at radius 1 is 1.15 bits per heavy atom. The third-order valence-electron chi connectivity index (χ3n) is 4.59. The maximum atomic E-state index is 12.9. The molecule has 1 heterocycles. The third kappa shape index (κ3) is 3.61. The van der Waals surface area contributed by atoms with E-state index >= 15 is 0 Å². The van der Waals surface area contributed by atoms with Crippen LogP contribution >= 0.6 is 0 Å². The number of hydrogen-bond acceptors (Lipinski definition) is 3. The number of benzene rings is 2. The summed E-state index contributed by atoms with van der Waals surface area (Å²) in [5, 5.41) is 3.11. The van der Waals surface area contributed by atoms with Crippen LogP contribution in [-0.4, -0.2) is 22.6 Å². The van der Waals surface area contributed by atoms with Gasteiger partial charge in [0.15, 0.2) is 0 Å². The molecule has 0 aliphatic heterocycles. The van der Waals surface area contributed by atoms with Crippen molar-refractivity contribution in [2.24, 2.45) is 7.05 Å². The zero-order chi connectivity index (χ0) is 18.7. The molecule has 134 valence electrons. The van der Waals surface area contributed by atoms with Crippen LogP contribution in [0.4, 0.5) is 0 Å². The fraction of sp³-hybridized carbons (Fsp3) is 0.238. The zero-order valence-corrected chi connectivity index (χ0v) is 15.5. The summed E-state index contributed by atoms with van der Waals surface area (Å²) in [5.74, 6) is 1.36. The van der Waals surface area contributed by atoms with E-state index in [-0.39, 0.29) is 11.9 Å². The van der Waals surface area contributed by atoms with Crippen LogP contribution in [-0.2, 0) is 7.05 Å². The molecule has 5 nitrogen and oxygen atoms in total.